The third-order valence-electron chi connectivity index (χ3n) is 2.90. The van der Waals surface area contributed by atoms with E-state index in [0.717, 1.165) is 11.1 Å². The quantitative estimate of drug-likeness (QED) is 0.863. The van der Waals surface area contributed by atoms with Crippen molar-refractivity contribution in [1.29, 1.82) is 0 Å². The zero-order valence-corrected chi connectivity index (χ0v) is 11.0. The van der Waals surface area contributed by atoms with Gasteiger partial charge in [-0.15, -0.1) is 0 Å². The van der Waals surface area contributed by atoms with E-state index in [2.05, 4.69) is 0 Å². The minimum atomic E-state index is -0.910. The van der Waals surface area contributed by atoms with Gasteiger partial charge in [-0.1, -0.05) is 35.9 Å². The van der Waals surface area contributed by atoms with Crippen LogP contribution in [0.5, 0.6) is 0 Å². The van der Waals surface area contributed by atoms with Crippen LogP contribution in [0.1, 0.15) is 28.4 Å². The van der Waals surface area contributed by atoms with Crippen LogP contribution >= 0.6 is 11.6 Å². The second kappa shape index (κ2) is 5.09. The minimum absolute atomic E-state index is 0.354. The van der Waals surface area contributed by atoms with Gasteiger partial charge >= 0.3 is 0 Å². The summed E-state index contributed by atoms with van der Waals surface area (Å²) in [5.41, 5.74) is 2.77. The molecule has 2 aromatic rings. The highest BCUT2D eigenvalue weighted by Crippen LogP contribution is 2.31. The summed E-state index contributed by atoms with van der Waals surface area (Å²) in [5.74, 6) is -0.354. The number of aliphatic hydroxyl groups is 1. The van der Waals surface area contributed by atoms with Gasteiger partial charge < -0.3 is 5.11 Å². The van der Waals surface area contributed by atoms with Gasteiger partial charge in [-0.25, -0.2) is 4.39 Å². The van der Waals surface area contributed by atoms with E-state index in [1.54, 1.807) is 19.1 Å². The van der Waals surface area contributed by atoms with E-state index in [0.29, 0.717) is 16.1 Å². The van der Waals surface area contributed by atoms with Crippen LogP contribution in [0.4, 0.5) is 4.39 Å². The predicted octanol–water partition coefficient (Wildman–Crippen LogP) is 4.18. The van der Waals surface area contributed by atoms with Crippen molar-refractivity contribution in [1.82, 2.24) is 0 Å². The first-order chi connectivity index (χ1) is 8.49. The number of hydrogen-bond donors (Lipinski definition) is 1. The molecule has 0 saturated heterocycles. The van der Waals surface area contributed by atoms with Gasteiger partial charge in [-0.3, -0.25) is 0 Å². The van der Waals surface area contributed by atoms with Crippen LogP contribution in [0.3, 0.4) is 0 Å². The Morgan fingerprint density at radius 3 is 2.56 bits per heavy atom. The number of aryl methyl sites for hydroxylation is 2. The lowest BCUT2D eigenvalue weighted by Crippen LogP contribution is -2.02. The first-order valence-corrected chi connectivity index (χ1v) is 6.07. The number of rotatable bonds is 2. The van der Waals surface area contributed by atoms with Gasteiger partial charge in [0, 0.05) is 10.6 Å². The predicted molar refractivity (Wildman–Crippen MR) is 71.4 cm³/mol. The highest BCUT2D eigenvalue weighted by molar-refractivity contribution is 6.32. The normalized spacial score (nSPS) is 12.5. The van der Waals surface area contributed by atoms with E-state index in [9.17, 15) is 9.50 Å². The number of aliphatic hydroxyl groups excluding tert-OH is 1. The first kappa shape index (κ1) is 13.1. The fraction of sp³-hybridized carbons (Fsp3) is 0.200. The van der Waals surface area contributed by atoms with Crippen molar-refractivity contribution in [3.05, 3.63) is 69.5 Å². The summed E-state index contributed by atoms with van der Waals surface area (Å²) < 4.78 is 13.3. The number of halogens is 2. The number of benzene rings is 2. The largest absolute Gasteiger partial charge is 0.384 e. The van der Waals surface area contributed by atoms with Crippen molar-refractivity contribution in [3.63, 3.8) is 0 Å². The maximum absolute atomic E-state index is 13.3. The van der Waals surface area contributed by atoms with Crippen molar-refractivity contribution in [2.45, 2.75) is 20.0 Å². The molecule has 0 saturated carbocycles. The molecule has 0 aliphatic heterocycles. The van der Waals surface area contributed by atoms with Gasteiger partial charge in [0.05, 0.1) is 0 Å². The maximum Gasteiger partial charge on any atom is 0.123 e. The summed E-state index contributed by atoms with van der Waals surface area (Å²) in [5, 5.41) is 10.8. The fourth-order valence-electron chi connectivity index (χ4n) is 1.98. The van der Waals surface area contributed by atoms with E-state index in [1.807, 2.05) is 19.1 Å². The Labute approximate surface area is 111 Å². The molecule has 0 aliphatic carbocycles. The van der Waals surface area contributed by atoms with Crippen molar-refractivity contribution in [2.75, 3.05) is 0 Å². The number of hydrogen-bond acceptors (Lipinski definition) is 1. The molecule has 3 heteroatoms. The highest BCUT2D eigenvalue weighted by Gasteiger charge is 2.15. The van der Waals surface area contributed by atoms with Crippen LogP contribution in [-0.4, -0.2) is 5.11 Å². The van der Waals surface area contributed by atoms with Gasteiger partial charge in [0.1, 0.15) is 11.9 Å². The van der Waals surface area contributed by atoms with E-state index in [4.69, 9.17) is 11.6 Å². The smallest absolute Gasteiger partial charge is 0.123 e. The first-order valence-electron chi connectivity index (χ1n) is 5.69. The van der Waals surface area contributed by atoms with Crippen molar-refractivity contribution in [2.24, 2.45) is 0 Å². The third kappa shape index (κ3) is 2.55. The highest BCUT2D eigenvalue weighted by atomic mass is 35.5. The molecule has 2 aromatic carbocycles. The van der Waals surface area contributed by atoms with Crippen LogP contribution in [-0.2, 0) is 0 Å². The lowest BCUT2D eigenvalue weighted by atomic mass is 9.98. The van der Waals surface area contributed by atoms with Crippen LogP contribution in [0.2, 0.25) is 5.02 Å². The maximum atomic E-state index is 13.3. The zero-order chi connectivity index (χ0) is 13.3. The Morgan fingerprint density at radius 1 is 1.17 bits per heavy atom. The topological polar surface area (TPSA) is 20.2 Å². The van der Waals surface area contributed by atoms with Crippen molar-refractivity contribution in [3.8, 4) is 0 Å². The molecule has 2 rings (SSSR count). The molecule has 94 valence electrons. The van der Waals surface area contributed by atoms with Crippen molar-refractivity contribution < 1.29 is 9.50 Å². The third-order valence-corrected chi connectivity index (χ3v) is 3.41. The van der Waals surface area contributed by atoms with Gasteiger partial charge in [0.15, 0.2) is 0 Å². The molecule has 18 heavy (non-hydrogen) atoms. The second-order valence-electron chi connectivity index (χ2n) is 4.44. The van der Waals surface area contributed by atoms with Gasteiger partial charge in [-0.2, -0.15) is 0 Å². The monoisotopic (exact) mass is 264 g/mol. The van der Waals surface area contributed by atoms with Crippen LogP contribution in [0.25, 0.3) is 0 Å². The molecule has 0 spiro atoms. The molecule has 0 radical (unpaired) electrons. The van der Waals surface area contributed by atoms with E-state index < -0.39 is 6.10 Å². The molecule has 0 heterocycles. The summed E-state index contributed by atoms with van der Waals surface area (Å²) in [6, 6.07) is 9.96. The zero-order valence-electron chi connectivity index (χ0n) is 10.2. The molecule has 1 atom stereocenters. The average molecular weight is 265 g/mol. The fourth-order valence-corrected chi connectivity index (χ4v) is 2.21. The van der Waals surface area contributed by atoms with E-state index in [1.165, 1.54) is 12.1 Å². The summed E-state index contributed by atoms with van der Waals surface area (Å²) in [4.78, 5) is 0. The van der Waals surface area contributed by atoms with Crippen LogP contribution in [0, 0.1) is 19.7 Å². The molecule has 0 bridgehead atoms. The Kier molecular flexibility index (Phi) is 3.69. The van der Waals surface area contributed by atoms with Crippen molar-refractivity contribution >= 4 is 11.6 Å². The Bertz CT molecular complexity index is 560. The molecular weight excluding hydrogens is 251 g/mol. The SMILES string of the molecule is Cc1cc(F)cc(C(O)c2cccc(C)c2Cl)c1. The molecule has 0 aliphatic rings. The standard InChI is InChI=1S/C15H14ClFO/c1-9-6-11(8-12(17)7-9)15(18)13-5-3-4-10(2)14(13)16/h3-8,15,18H,1-2H3. The Balaban J connectivity index is 2.47. The van der Waals surface area contributed by atoms with E-state index >= 15 is 0 Å². The average Bonchev–Trinajstić information content (AvgIpc) is 2.30. The summed E-state index contributed by atoms with van der Waals surface area (Å²) in [6.45, 7) is 3.66. The molecule has 1 N–H and O–H groups in total. The summed E-state index contributed by atoms with van der Waals surface area (Å²) >= 11 is 6.16. The van der Waals surface area contributed by atoms with Gasteiger partial charge in [0.2, 0.25) is 0 Å². The Morgan fingerprint density at radius 2 is 1.89 bits per heavy atom. The summed E-state index contributed by atoms with van der Waals surface area (Å²) in [7, 11) is 0. The molecule has 0 fully saturated rings. The van der Waals surface area contributed by atoms with Crippen LogP contribution < -0.4 is 0 Å². The summed E-state index contributed by atoms with van der Waals surface area (Å²) in [6.07, 6.45) is -0.910. The lowest BCUT2D eigenvalue weighted by molar-refractivity contribution is 0.219. The molecule has 0 amide bonds. The van der Waals surface area contributed by atoms with E-state index in [-0.39, 0.29) is 5.82 Å². The molecule has 0 aromatic heterocycles. The Hall–Kier alpha value is -1.38. The lowest BCUT2D eigenvalue weighted by Gasteiger charge is -2.15. The van der Waals surface area contributed by atoms with Gasteiger partial charge in [0.25, 0.3) is 0 Å². The second-order valence-corrected chi connectivity index (χ2v) is 4.82. The molecule has 1 nitrogen and oxygen atoms in total. The molecular formula is C15H14ClFO. The molecule has 1 unspecified atom stereocenters. The van der Waals surface area contributed by atoms with Gasteiger partial charge in [-0.05, 0) is 42.7 Å². The minimum Gasteiger partial charge on any atom is -0.384 e. The van der Waals surface area contributed by atoms with Crippen LogP contribution in [0.15, 0.2) is 36.4 Å².